The zero-order valence-electron chi connectivity index (χ0n) is 14.3. The molecule has 0 N–H and O–H groups in total. The standard InChI is InChI=1S/C18H19N3O5/c1-25-15-8-4-13(5-9-15)11-20(14-6-7-14)17(22)12-26-16-3-2-10-19-18(16)21(23)24/h2-5,8-10,14H,6-7,11-12H2,1H3. The zero-order valence-corrected chi connectivity index (χ0v) is 14.3. The van der Waals surface area contributed by atoms with Gasteiger partial charge in [-0.1, -0.05) is 12.1 Å². The highest BCUT2D eigenvalue weighted by molar-refractivity contribution is 5.78. The van der Waals surface area contributed by atoms with Crippen LogP contribution in [0.3, 0.4) is 0 Å². The third-order valence-electron chi connectivity index (χ3n) is 4.09. The summed E-state index contributed by atoms with van der Waals surface area (Å²) in [6.45, 7) is 0.200. The number of benzene rings is 1. The molecule has 26 heavy (non-hydrogen) atoms. The van der Waals surface area contributed by atoms with Crippen LogP contribution >= 0.6 is 0 Å². The van der Waals surface area contributed by atoms with Gasteiger partial charge in [-0.3, -0.25) is 4.79 Å². The smallest absolute Gasteiger partial charge is 0.406 e. The van der Waals surface area contributed by atoms with E-state index in [0.717, 1.165) is 24.2 Å². The van der Waals surface area contributed by atoms with Crippen molar-refractivity contribution in [2.24, 2.45) is 0 Å². The minimum Gasteiger partial charge on any atom is -0.497 e. The molecular weight excluding hydrogens is 338 g/mol. The Labute approximate surface area is 150 Å². The average molecular weight is 357 g/mol. The fourth-order valence-corrected chi connectivity index (χ4v) is 2.59. The second-order valence-electron chi connectivity index (χ2n) is 5.97. The summed E-state index contributed by atoms with van der Waals surface area (Å²) in [5, 5.41) is 11.0. The molecule has 0 saturated heterocycles. The lowest BCUT2D eigenvalue weighted by Gasteiger charge is -2.22. The molecule has 1 amide bonds. The summed E-state index contributed by atoms with van der Waals surface area (Å²) in [7, 11) is 1.60. The maximum Gasteiger partial charge on any atom is 0.406 e. The van der Waals surface area contributed by atoms with Gasteiger partial charge in [-0.25, -0.2) is 0 Å². The normalized spacial score (nSPS) is 13.1. The number of carbonyl (C=O) groups is 1. The van der Waals surface area contributed by atoms with Crippen LogP contribution in [-0.4, -0.2) is 40.5 Å². The van der Waals surface area contributed by atoms with Crippen LogP contribution in [0.25, 0.3) is 0 Å². The average Bonchev–Trinajstić information content (AvgIpc) is 3.50. The molecule has 8 nitrogen and oxygen atoms in total. The number of aromatic nitrogens is 1. The summed E-state index contributed by atoms with van der Waals surface area (Å²) >= 11 is 0. The first-order valence-electron chi connectivity index (χ1n) is 8.23. The van der Waals surface area contributed by atoms with Gasteiger partial charge < -0.3 is 24.5 Å². The van der Waals surface area contributed by atoms with E-state index in [-0.39, 0.29) is 24.3 Å². The fraction of sp³-hybridized carbons (Fsp3) is 0.333. The summed E-state index contributed by atoms with van der Waals surface area (Å²) in [4.78, 5) is 28.4. The molecule has 3 rings (SSSR count). The number of ether oxygens (including phenoxy) is 2. The number of nitrogens with zero attached hydrogens (tertiary/aromatic N) is 3. The van der Waals surface area contributed by atoms with Gasteiger partial charge in [-0.05, 0) is 52.6 Å². The minimum absolute atomic E-state index is 0.00829. The van der Waals surface area contributed by atoms with Gasteiger partial charge in [-0.15, -0.1) is 0 Å². The van der Waals surface area contributed by atoms with Crippen LogP contribution in [0.2, 0.25) is 0 Å². The van der Waals surface area contributed by atoms with Gasteiger partial charge in [0.1, 0.15) is 11.9 Å². The van der Waals surface area contributed by atoms with Crippen molar-refractivity contribution in [2.75, 3.05) is 13.7 Å². The molecule has 0 aliphatic heterocycles. The highest BCUT2D eigenvalue weighted by Crippen LogP contribution is 2.29. The van der Waals surface area contributed by atoms with Crippen molar-refractivity contribution in [3.63, 3.8) is 0 Å². The predicted octanol–water partition coefficient (Wildman–Crippen LogP) is 2.57. The van der Waals surface area contributed by atoms with E-state index < -0.39 is 10.7 Å². The summed E-state index contributed by atoms with van der Waals surface area (Å²) in [5.74, 6) is 0.145. The first-order valence-corrected chi connectivity index (χ1v) is 8.23. The number of amides is 1. The third kappa shape index (κ3) is 4.27. The molecule has 1 heterocycles. The first-order chi connectivity index (χ1) is 12.6. The number of nitro groups is 1. The van der Waals surface area contributed by atoms with Crippen molar-refractivity contribution in [1.82, 2.24) is 9.88 Å². The second kappa shape index (κ2) is 7.81. The Morgan fingerprint density at radius 3 is 2.65 bits per heavy atom. The van der Waals surface area contributed by atoms with Gasteiger partial charge in [0.05, 0.1) is 7.11 Å². The summed E-state index contributed by atoms with van der Waals surface area (Å²) in [6, 6.07) is 10.7. The molecule has 0 spiro atoms. The van der Waals surface area contributed by atoms with Crippen LogP contribution in [0.1, 0.15) is 18.4 Å². The van der Waals surface area contributed by atoms with Crippen molar-refractivity contribution in [2.45, 2.75) is 25.4 Å². The lowest BCUT2D eigenvalue weighted by molar-refractivity contribution is -0.390. The van der Waals surface area contributed by atoms with E-state index in [2.05, 4.69) is 4.98 Å². The molecule has 0 atom stereocenters. The Bertz CT molecular complexity index is 790. The van der Waals surface area contributed by atoms with Crippen LogP contribution in [0.15, 0.2) is 42.6 Å². The van der Waals surface area contributed by atoms with Gasteiger partial charge in [0.25, 0.3) is 5.91 Å². The molecule has 0 unspecified atom stereocenters. The van der Waals surface area contributed by atoms with E-state index in [1.165, 1.54) is 18.3 Å². The first kappa shape index (κ1) is 17.7. The predicted molar refractivity (Wildman–Crippen MR) is 93.0 cm³/mol. The molecule has 136 valence electrons. The van der Waals surface area contributed by atoms with Gasteiger partial charge in [0.2, 0.25) is 5.75 Å². The molecule has 1 saturated carbocycles. The Morgan fingerprint density at radius 2 is 2.04 bits per heavy atom. The lowest BCUT2D eigenvalue weighted by Crippen LogP contribution is -2.36. The van der Waals surface area contributed by atoms with Crippen molar-refractivity contribution >= 4 is 11.7 Å². The van der Waals surface area contributed by atoms with Crippen LogP contribution in [0, 0.1) is 10.1 Å². The van der Waals surface area contributed by atoms with Crippen molar-refractivity contribution in [1.29, 1.82) is 0 Å². The van der Waals surface area contributed by atoms with Crippen molar-refractivity contribution in [3.8, 4) is 11.5 Å². The Hall–Kier alpha value is -3.16. The Kier molecular flexibility index (Phi) is 5.31. The maximum absolute atomic E-state index is 12.6. The van der Waals surface area contributed by atoms with Crippen molar-refractivity contribution in [3.05, 3.63) is 58.3 Å². The molecule has 0 bridgehead atoms. The lowest BCUT2D eigenvalue weighted by atomic mass is 10.2. The topological polar surface area (TPSA) is 94.8 Å². The molecule has 1 aliphatic carbocycles. The zero-order chi connectivity index (χ0) is 18.5. The SMILES string of the molecule is COc1ccc(CN(C(=O)COc2cccnc2[N+](=O)[O-])C2CC2)cc1. The summed E-state index contributed by atoms with van der Waals surface area (Å²) in [6.07, 6.45) is 3.22. The molecular formula is C18H19N3O5. The van der Waals surface area contributed by atoms with E-state index in [0.29, 0.717) is 6.54 Å². The monoisotopic (exact) mass is 357 g/mol. The highest BCUT2D eigenvalue weighted by Gasteiger charge is 2.33. The van der Waals surface area contributed by atoms with Crippen LogP contribution < -0.4 is 9.47 Å². The van der Waals surface area contributed by atoms with Gasteiger partial charge in [0.15, 0.2) is 6.61 Å². The molecule has 1 fully saturated rings. The molecule has 1 aromatic heterocycles. The number of hydrogen-bond donors (Lipinski definition) is 0. The second-order valence-corrected chi connectivity index (χ2v) is 5.97. The van der Waals surface area contributed by atoms with E-state index >= 15 is 0 Å². The van der Waals surface area contributed by atoms with Crippen LogP contribution in [0.5, 0.6) is 11.5 Å². The number of carbonyl (C=O) groups excluding carboxylic acids is 1. The molecule has 1 aliphatic rings. The van der Waals surface area contributed by atoms with E-state index in [1.807, 2.05) is 24.3 Å². The number of hydrogen-bond acceptors (Lipinski definition) is 6. The van der Waals surface area contributed by atoms with Gasteiger partial charge in [-0.2, -0.15) is 0 Å². The summed E-state index contributed by atoms with van der Waals surface area (Å²) < 4.78 is 10.5. The van der Waals surface area contributed by atoms with E-state index in [4.69, 9.17) is 9.47 Å². The van der Waals surface area contributed by atoms with Crippen molar-refractivity contribution < 1.29 is 19.2 Å². The fourth-order valence-electron chi connectivity index (χ4n) is 2.59. The van der Waals surface area contributed by atoms with Crippen LogP contribution in [-0.2, 0) is 11.3 Å². The maximum atomic E-state index is 12.6. The summed E-state index contributed by atoms with van der Waals surface area (Å²) in [5.41, 5.74) is 0.985. The molecule has 0 radical (unpaired) electrons. The quantitative estimate of drug-likeness (QED) is 0.532. The Balaban J connectivity index is 1.65. The van der Waals surface area contributed by atoms with Crippen LogP contribution in [0.4, 0.5) is 5.82 Å². The highest BCUT2D eigenvalue weighted by atomic mass is 16.6. The number of methoxy groups -OCH3 is 1. The minimum atomic E-state index is -0.629. The number of rotatable bonds is 8. The molecule has 1 aromatic carbocycles. The third-order valence-corrected chi connectivity index (χ3v) is 4.09. The molecule has 2 aromatic rings. The van der Waals surface area contributed by atoms with E-state index in [9.17, 15) is 14.9 Å². The Morgan fingerprint density at radius 1 is 1.31 bits per heavy atom. The van der Waals surface area contributed by atoms with Gasteiger partial charge >= 0.3 is 5.82 Å². The number of pyridine rings is 1. The largest absolute Gasteiger partial charge is 0.497 e. The van der Waals surface area contributed by atoms with Gasteiger partial charge in [0, 0.05) is 12.6 Å². The van der Waals surface area contributed by atoms with E-state index in [1.54, 1.807) is 12.0 Å². The molecule has 8 heteroatoms.